The first-order valence-electron chi connectivity index (χ1n) is 6.55. The number of ketones is 1. The van der Waals surface area contributed by atoms with Gasteiger partial charge in [0, 0.05) is 9.13 Å². The minimum Gasteiger partial charge on any atom is -0.377 e. The second-order valence-electron chi connectivity index (χ2n) is 5.14. The van der Waals surface area contributed by atoms with E-state index in [0.29, 0.717) is 0 Å². The molecule has 1 aliphatic carbocycles. The van der Waals surface area contributed by atoms with Crippen LogP contribution in [-0.4, -0.2) is 10.9 Å². The van der Waals surface area contributed by atoms with Crippen LogP contribution in [0.5, 0.6) is 0 Å². The topological polar surface area (TPSA) is 37.3 Å². The van der Waals surface area contributed by atoms with Crippen molar-refractivity contribution < 1.29 is 9.90 Å². The molecule has 2 rings (SSSR count). The minimum atomic E-state index is -1.29. The summed E-state index contributed by atoms with van der Waals surface area (Å²) >= 11 is 2.20. The molecule has 0 aromatic heterocycles. The molecule has 3 heteroatoms. The van der Waals surface area contributed by atoms with Gasteiger partial charge in [0.2, 0.25) is 0 Å². The standard InChI is InChI=1S/C15H19IO2/c1-11(17)15(18,12-7-3-2-4-8-12)13-9-5-6-10-14(13)16/h5-6,9-10,12,18H,2-4,7-8H2,1H3. The van der Waals surface area contributed by atoms with E-state index in [4.69, 9.17) is 0 Å². The van der Waals surface area contributed by atoms with E-state index in [2.05, 4.69) is 22.6 Å². The number of carbonyl (C=O) groups excluding carboxylic acids is 1. The number of carbonyl (C=O) groups is 1. The molecule has 1 unspecified atom stereocenters. The van der Waals surface area contributed by atoms with Crippen LogP contribution in [0.15, 0.2) is 24.3 Å². The van der Waals surface area contributed by atoms with Crippen LogP contribution in [0.4, 0.5) is 0 Å². The predicted molar refractivity (Wildman–Crippen MR) is 80.3 cm³/mol. The first kappa shape index (κ1) is 14.0. The van der Waals surface area contributed by atoms with E-state index in [1.54, 1.807) is 0 Å². The molecule has 1 atom stereocenters. The van der Waals surface area contributed by atoms with Crippen LogP contribution in [-0.2, 0) is 10.4 Å². The van der Waals surface area contributed by atoms with Gasteiger partial charge in [-0.1, -0.05) is 37.5 Å². The van der Waals surface area contributed by atoms with Crippen LogP contribution >= 0.6 is 22.6 Å². The van der Waals surface area contributed by atoms with E-state index >= 15 is 0 Å². The SMILES string of the molecule is CC(=O)C(O)(c1ccccc1I)C1CCCCC1. The Morgan fingerprint density at radius 2 is 1.89 bits per heavy atom. The second kappa shape index (κ2) is 5.70. The molecule has 1 N–H and O–H groups in total. The van der Waals surface area contributed by atoms with Crippen molar-refractivity contribution in [3.63, 3.8) is 0 Å². The molecule has 1 saturated carbocycles. The van der Waals surface area contributed by atoms with E-state index in [1.807, 2.05) is 24.3 Å². The minimum absolute atomic E-state index is 0.0691. The zero-order chi connectivity index (χ0) is 13.2. The van der Waals surface area contributed by atoms with Gasteiger partial charge in [0.25, 0.3) is 0 Å². The molecule has 0 heterocycles. The molecule has 0 bridgehead atoms. The zero-order valence-electron chi connectivity index (χ0n) is 10.7. The number of halogens is 1. The maximum atomic E-state index is 12.1. The smallest absolute Gasteiger partial charge is 0.166 e. The maximum absolute atomic E-state index is 12.1. The van der Waals surface area contributed by atoms with Crippen LogP contribution in [0.1, 0.15) is 44.6 Å². The fraction of sp³-hybridized carbons (Fsp3) is 0.533. The molecule has 0 aliphatic heterocycles. The normalized spacial score (nSPS) is 20.4. The Bertz CT molecular complexity index is 438. The number of benzene rings is 1. The van der Waals surface area contributed by atoms with Crippen LogP contribution in [0, 0.1) is 9.49 Å². The first-order chi connectivity index (χ1) is 8.56. The van der Waals surface area contributed by atoms with E-state index in [1.165, 1.54) is 13.3 Å². The van der Waals surface area contributed by atoms with Gasteiger partial charge in [-0.2, -0.15) is 0 Å². The highest BCUT2D eigenvalue weighted by Crippen LogP contribution is 2.41. The van der Waals surface area contributed by atoms with E-state index in [0.717, 1.165) is 34.8 Å². The maximum Gasteiger partial charge on any atom is 0.166 e. The number of rotatable bonds is 3. The summed E-state index contributed by atoms with van der Waals surface area (Å²) in [5.41, 5.74) is -0.511. The van der Waals surface area contributed by atoms with Gasteiger partial charge in [-0.3, -0.25) is 4.79 Å². The Morgan fingerprint density at radius 1 is 1.28 bits per heavy atom. The highest BCUT2D eigenvalue weighted by atomic mass is 127. The molecule has 2 nitrogen and oxygen atoms in total. The lowest BCUT2D eigenvalue weighted by Crippen LogP contribution is -2.43. The third-order valence-electron chi connectivity index (χ3n) is 4.02. The Kier molecular flexibility index (Phi) is 4.43. The van der Waals surface area contributed by atoms with E-state index < -0.39 is 5.60 Å². The monoisotopic (exact) mass is 358 g/mol. The van der Waals surface area contributed by atoms with Crippen LogP contribution in [0.2, 0.25) is 0 Å². The molecule has 0 radical (unpaired) electrons. The average Bonchev–Trinajstić information content (AvgIpc) is 2.39. The molecule has 1 aromatic carbocycles. The summed E-state index contributed by atoms with van der Waals surface area (Å²) in [6.45, 7) is 1.51. The molecule has 1 fully saturated rings. The second-order valence-corrected chi connectivity index (χ2v) is 6.30. The number of hydrogen-bond donors (Lipinski definition) is 1. The zero-order valence-corrected chi connectivity index (χ0v) is 12.8. The summed E-state index contributed by atoms with van der Waals surface area (Å²) < 4.78 is 0.971. The number of hydrogen-bond acceptors (Lipinski definition) is 2. The van der Waals surface area contributed by atoms with Crippen LogP contribution in [0.3, 0.4) is 0 Å². The van der Waals surface area contributed by atoms with Crippen molar-refractivity contribution in [3.8, 4) is 0 Å². The van der Waals surface area contributed by atoms with Crippen LogP contribution in [0.25, 0.3) is 0 Å². The van der Waals surface area contributed by atoms with Crippen molar-refractivity contribution >= 4 is 28.4 Å². The largest absolute Gasteiger partial charge is 0.377 e. The summed E-state index contributed by atoms with van der Waals surface area (Å²) in [6.07, 6.45) is 5.34. The molecule has 0 saturated heterocycles. The van der Waals surface area contributed by atoms with Gasteiger partial charge < -0.3 is 5.11 Å². The Morgan fingerprint density at radius 3 is 2.44 bits per heavy atom. The van der Waals surface area contributed by atoms with Gasteiger partial charge in [0.1, 0.15) is 0 Å². The summed E-state index contributed by atoms with van der Waals surface area (Å²) in [6, 6.07) is 7.67. The summed E-state index contributed by atoms with van der Waals surface area (Å²) in [7, 11) is 0. The number of aliphatic hydroxyl groups is 1. The molecule has 0 amide bonds. The van der Waals surface area contributed by atoms with Crippen molar-refractivity contribution in [2.45, 2.75) is 44.6 Å². The fourth-order valence-corrected chi connectivity index (χ4v) is 3.79. The summed E-state index contributed by atoms with van der Waals surface area (Å²) in [4.78, 5) is 12.1. The lowest BCUT2D eigenvalue weighted by molar-refractivity contribution is -0.144. The first-order valence-corrected chi connectivity index (χ1v) is 7.63. The lowest BCUT2D eigenvalue weighted by atomic mass is 9.71. The summed E-state index contributed by atoms with van der Waals surface area (Å²) in [5.74, 6) is -0.0572. The molecule has 1 aromatic rings. The number of Topliss-reactive ketones (excluding diaryl/α,β-unsaturated/α-hetero) is 1. The van der Waals surface area contributed by atoms with Gasteiger partial charge in [0.15, 0.2) is 11.4 Å². The molecular formula is C15H19IO2. The van der Waals surface area contributed by atoms with Gasteiger partial charge in [0.05, 0.1) is 0 Å². The van der Waals surface area contributed by atoms with Gasteiger partial charge >= 0.3 is 0 Å². The third-order valence-corrected chi connectivity index (χ3v) is 4.96. The molecule has 18 heavy (non-hydrogen) atoms. The lowest BCUT2D eigenvalue weighted by Gasteiger charge is -2.37. The van der Waals surface area contributed by atoms with Gasteiger partial charge in [-0.15, -0.1) is 0 Å². The Balaban J connectivity index is 2.43. The molecule has 0 spiro atoms. The average molecular weight is 358 g/mol. The third kappa shape index (κ3) is 2.48. The van der Waals surface area contributed by atoms with Crippen molar-refractivity contribution in [1.82, 2.24) is 0 Å². The Labute approximate surface area is 122 Å². The van der Waals surface area contributed by atoms with Crippen molar-refractivity contribution in [2.24, 2.45) is 5.92 Å². The summed E-state index contributed by atoms with van der Waals surface area (Å²) in [5, 5.41) is 11.0. The van der Waals surface area contributed by atoms with Gasteiger partial charge in [-0.25, -0.2) is 0 Å². The van der Waals surface area contributed by atoms with Gasteiger partial charge in [-0.05, 0) is 54.3 Å². The molecule has 1 aliphatic rings. The van der Waals surface area contributed by atoms with Crippen LogP contribution < -0.4 is 0 Å². The predicted octanol–water partition coefficient (Wildman–Crippen LogP) is 3.65. The van der Waals surface area contributed by atoms with Crippen molar-refractivity contribution in [3.05, 3.63) is 33.4 Å². The van der Waals surface area contributed by atoms with E-state index in [9.17, 15) is 9.90 Å². The fourth-order valence-electron chi connectivity index (χ4n) is 2.99. The van der Waals surface area contributed by atoms with Crippen molar-refractivity contribution in [2.75, 3.05) is 0 Å². The quantitative estimate of drug-likeness (QED) is 0.838. The van der Waals surface area contributed by atoms with E-state index in [-0.39, 0.29) is 11.7 Å². The highest BCUT2D eigenvalue weighted by molar-refractivity contribution is 14.1. The highest BCUT2D eigenvalue weighted by Gasteiger charge is 2.44. The Hall–Kier alpha value is -0.420. The molecule has 98 valence electrons. The molecular weight excluding hydrogens is 339 g/mol. The van der Waals surface area contributed by atoms with Crippen molar-refractivity contribution in [1.29, 1.82) is 0 Å².